The average Bonchev–Trinajstić information content (AvgIpc) is 3.58. The standard InChI is InChI=1S/C24H24N6O3/c31-24-20-16(6-9-27-24)29-21(23(20)30-18-11-28-17-4-1-7-26-22(17)18)15-5-8-25-12-19(15)33-13-14-3-2-10-32-14/h1,4-5,7-8,11-12,14,28-30H,2-3,6,9-10,13H2,(H,27,31)/t14-/m0/s1. The maximum Gasteiger partial charge on any atom is 0.255 e. The number of H-pyrrole nitrogens is 2. The van der Waals surface area contributed by atoms with E-state index in [1.54, 1.807) is 18.6 Å². The van der Waals surface area contributed by atoms with Crippen molar-refractivity contribution in [3.63, 3.8) is 0 Å². The Morgan fingerprint density at radius 3 is 3.15 bits per heavy atom. The molecule has 4 N–H and O–H groups in total. The van der Waals surface area contributed by atoms with Crippen molar-refractivity contribution < 1.29 is 14.3 Å². The van der Waals surface area contributed by atoms with Crippen LogP contribution in [0.25, 0.3) is 22.3 Å². The van der Waals surface area contributed by atoms with Gasteiger partial charge in [0.1, 0.15) is 17.9 Å². The lowest BCUT2D eigenvalue weighted by Gasteiger charge is -2.16. The maximum atomic E-state index is 12.9. The largest absolute Gasteiger partial charge is 0.489 e. The molecule has 4 aromatic heterocycles. The van der Waals surface area contributed by atoms with Gasteiger partial charge in [-0.3, -0.25) is 14.8 Å². The Morgan fingerprint density at radius 2 is 2.24 bits per heavy atom. The lowest BCUT2D eigenvalue weighted by Crippen LogP contribution is -2.31. The lowest BCUT2D eigenvalue weighted by atomic mass is 10.1. The fraction of sp³-hybridized carbons (Fsp3) is 0.292. The minimum atomic E-state index is -0.107. The number of nitrogens with zero attached hydrogens (tertiary/aromatic N) is 2. The van der Waals surface area contributed by atoms with Gasteiger partial charge in [-0.15, -0.1) is 0 Å². The minimum absolute atomic E-state index is 0.0931. The van der Waals surface area contributed by atoms with Crippen LogP contribution in [0.15, 0.2) is 43.0 Å². The molecule has 0 spiro atoms. The number of anilines is 2. The average molecular weight is 444 g/mol. The summed E-state index contributed by atoms with van der Waals surface area (Å²) in [5, 5.41) is 6.43. The van der Waals surface area contributed by atoms with Gasteiger partial charge in [-0.1, -0.05) is 0 Å². The number of carbonyl (C=O) groups is 1. The maximum absolute atomic E-state index is 12.9. The summed E-state index contributed by atoms with van der Waals surface area (Å²) in [6.07, 6.45) is 9.91. The van der Waals surface area contributed by atoms with Crippen molar-refractivity contribution in [2.75, 3.05) is 25.1 Å². The van der Waals surface area contributed by atoms with Crippen LogP contribution in [0.5, 0.6) is 5.75 Å². The number of hydrogen-bond acceptors (Lipinski definition) is 6. The third kappa shape index (κ3) is 3.60. The summed E-state index contributed by atoms with van der Waals surface area (Å²) in [5.74, 6) is 0.539. The van der Waals surface area contributed by atoms with Crippen LogP contribution in [-0.2, 0) is 11.2 Å². The first-order valence-corrected chi connectivity index (χ1v) is 11.2. The Kier molecular flexibility index (Phi) is 4.95. The summed E-state index contributed by atoms with van der Waals surface area (Å²) in [5.41, 5.74) is 6.34. The molecule has 1 saturated heterocycles. The van der Waals surface area contributed by atoms with Crippen LogP contribution in [0.1, 0.15) is 28.9 Å². The fourth-order valence-corrected chi connectivity index (χ4v) is 4.55. The first kappa shape index (κ1) is 19.8. The van der Waals surface area contributed by atoms with Gasteiger partial charge in [0.15, 0.2) is 0 Å². The van der Waals surface area contributed by atoms with Crippen LogP contribution in [0.4, 0.5) is 11.4 Å². The molecular formula is C24H24N6O3. The molecule has 0 bridgehead atoms. The Labute approximate surface area is 189 Å². The van der Waals surface area contributed by atoms with Gasteiger partial charge in [-0.2, -0.15) is 0 Å². The second kappa shape index (κ2) is 8.25. The van der Waals surface area contributed by atoms with Crippen molar-refractivity contribution in [2.24, 2.45) is 0 Å². The SMILES string of the molecule is O=C1NCCc2[nH]c(-c3ccncc3OC[C@@H]3CCCO3)c(Nc3c[nH]c4cccnc34)c21. The van der Waals surface area contributed by atoms with Gasteiger partial charge in [-0.25, -0.2) is 0 Å². The van der Waals surface area contributed by atoms with Crippen LogP contribution in [-0.4, -0.2) is 51.7 Å². The highest BCUT2D eigenvalue weighted by molar-refractivity contribution is 6.07. The van der Waals surface area contributed by atoms with E-state index in [1.165, 1.54) is 0 Å². The monoisotopic (exact) mass is 444 g/mol. The third-order valence-electron chi connectivity index (χ3n) is 6.16. The quantitative estimate of drug-likeness (QED) is 0.361. The highest BCUT2D eigenvalue weighted by Crippen LogP contribution is 2.41. The normalized spacial score (nSPS) is 17.7. The number of fused-ring (bicyclic) bond motifs is 2. The summed E-state index contributed by atoms with van der Waals surface area (Å²) in [6, 6.07) is 5.75. The second-order valence-electron chi connectivity index (χ2n) is 8.28. The molecule has 0 aromatic carbocycles. The molecule has 9 heteroatoms. The van der Waals surface area contributed by atoms with Gasteiger partial charge in [0.2, 0.25) is 0 Å². The highest BCUT2D eigenvalue weighted by atomic mass is 16.5. The number of nitrogens with one attached hydrogen (secondary N) is 4. The molecule has 1 fully saturated rings. The molecule has 0 aliphatic carbocycles. The van der Waals surface area contributed by atoms with Crippen LogP contribution in [0, 0.1) is 0 Å². The van der Waals surface area contributed by atoms with E-state index < -0.39 is 0 Å². The van der Waals surface area contributed by atoms with Gasteiger partial charge in [0.05, 0.1) is 40.4 Å². The first-order chi connectivity index (χ1) is 16.3. The van der Waals surface area contributed by atoms with Crippen molar-refractivity contribution in [3.8, 4) is 17.0 Å². The fourth-order valence-electron chi connectivity index (χ4n) is 4.55. The summed E-state index contributed by atoms with van der Waals surface area (Å²) >= 11 is 0. The molecule has 4 aromatic rings. The first-order valence-electron chi connectivity index (χ1n) is 11.2. The van der Waals surface area contributed by atoms with Crippen molar-refractivity contribution in [1.29, 1.82) is 0 Å². The van der Waals surface area contributed by atoms with E-state index >= 15 is 0 Å². The van der Waals surface area contributed by atoms with Crippen LogP contribution in [0.2, 0.25) is 0 Å². The number of amides is 1. The molecule has 0 unspecified atom stereocenters. The van der Waals surface area contributed by atoms with E-state index in [1.807, 2.05) is 24.4 Å². The lowest BCUT2D eigenvalue weighted by molar-refractivity contribution is 0.0680. The molecule has 168 valence electrons. The van der Waals surface area contributed by atoms with E-state index in [9.17, 15) is 4.79 Å². The Hall–Kier alpha value is -3.85. The molecular weight excluding hydrogens is 420 g/mol. The van der Waals surface area contributed by atoms with E-state index in [0.717, 1.165) is 59.5 Å². The minimum Gasteiger partial charge on any atom is -0.489 e. The number of pyridine rings is 2. The summed E-state index contributed by atoms with van der Waals surface area (Å²) in [4.78, 5) is 28.3. The molecule has 0 saturated carbocycles. The smallest absolute Gasteiger partial charge is 0.255 e. The Bertz CT molecular complexity index is 1320. The van der Waals surface area contributed by atoms with E-state index in [2.05, 4.69) is 30.6 Å². The van der Waals surface area contributed by atoms with Gasteiger partial charge in [0.25, 0.3) is 5.91 Å². The molecule has 33 heavy (non-hydrogen) atoms. The van der Waals surface area contributed by atoms with E-state index in [4.69, 9.17) is 9.47 Å². The van der Waals surface area contributed by atoms with Crippen LogP contribution < -0.4 is 15.4 Å². The summed E-state index contributed by atoms with van der Waals surface area (Å²) < 4.78 is 11.8. The number of aromatic amines is 2. The second-order valence-corrected chi connectivity index (χ2v) is 8.28. The molecule has 6 heterocycles. The molecule has 1 atom stereocenters. The predicted octanol–water partition coefficient (Wildman–Crippen LogP) is 3.54. The predicted molar refractivity (Wildman–Crippen MR) is 124 cm³/mol. The van der Waals surface area contributed by atoms with Crippen molar-refractivity contribution in [1.82, 2.24) is 25.3 Å². The number of aromatic nitrogens is 4. The van der Waals surface area contributed by atoms with Gasteiger partial charge in [0, 0.05) is 49.4 Å². The molecule has 9 nitrogen and oxygen atoms in total. The molecule has 2 aliphatic rings. The molecule has 0 radical (unpaired) electrons. The molecule has 6 rings (SSSR count). The molecule has 2 aliphatic heterocycles. The third-order valence-corrected chi connectivity index (χ3v) is 6.16. The number of ether oxygens (including phenoxy) is 2. The number of rotatable bonds is 6. The van der Waals surface area contributed by atoms with E-state index in [0.29, 0.717) is 30.2 Å². The van der Waals surface area contributed by atoms with Crippen molar-refractivity contribution in [2.45, 2.75) is 25.4 Å². The van der Waals surface area contributed by atoms with Crippen molar-refractivity contribution in [3.05, 3.63) is 54.2 Å². The highest BCUT2D eigenvalue weighted by Gasteiger charge is 2.29. The Morgan fingerprint density at radius 1 is 1.27 bits per heavy atom. The van der Waals surface area contributed by atoms with E-state index in [-0.39, 0.29) is 12.0 Å². The zero-order chi connectivity index (χ0) is 22.2. The zero-order valence-corrected chi connectivity index (χ0v) is 18.0. The van der Waals surface area contributed by atoms with Gasteiger partial charge in [-0.05, 0) is 31.0 Å². The van der Waals surface area contributed by atoms with Crippen molar-refractivity contribution >= 4 is 28.3 Å². The summed E-state index contributed by atoms with van der Waals surface area (Å²) in [6.45, 7) is 1.84. The topological polar surface area (TPSA) is 117 Å². The Balaban J connectivity index is 1.43. The zero-order valence-electron chi connectivity index (χ0n) is 18.0. The van der Waals surface area contributed by atoms with Gasteiger partial charge >= 0.3 is 0 Å². The molecule has 1 amide bonds. The van der Waals surface area contributed by atoms with Crippen LogP contribution >= 0.6 is 0 Å². The van der Waals surface area contributed by atoms with Gasteiger partial charge < -0.3 is 30.1 Å². The summed E-state index contributed by atoms with van der Waals surface area (Å²) in [7, 11) is 0. The number of hydrogen-bond donors (Lipinski definition) is 4. The van der Waals surface area contributed by atoms with Crippen LogP contribution in [0.3, 0.4) is 0 Å². The number of carbonyl (C=O) groups excluding carboxylic acids is 1.